The molecule has 1 aromatic carbocycles. The minimum Gasteiger partial charge on any atom is -0.491 e. The zero-order valence-electron chi connectivity index (χ0n) is 10.4. The number of hydrogen-bond donors (Lipinski definition) is 2. The molecule has 0 aromatic heterocycles. The third-order valence-corrected chi connectivity index (χ3v) is 4.48. The van der Waals surface area contributed by atoms with E-state index in [9.17, 15) is 9.59 Å². The van der Waals surface area contributed by atoms with Crippen molar-refractivity contribution in [2.75, 3.05) is 19.7 Å². The van der Waals surface area contributed by atoms with Crippen LogP contribution in [-0.4, -0.2) is 31.5 Å². The maximum atomic E-state index is 11.9. The maximum Gasteiger partial charge on any atom is 0.262 e. The lowest BCUT2D eigenvalue weighted by molar-refractivity contribution is 0.0878. The number of piperidine rings is 1. The molecule has 5 nitrogen and oxygen atoms in total. The first-order valence-corrected chi connectivity index (χ1v) is 6.58. The van der Waals surface area contributed by atoms with Crippen molar-refractivity contribution in [3.63, 3.8) is 0 Å². The second-order valence-corrected chi connectivity index (χ2v) is 5.47. The molecule has 5 heteroatoms. The molecular formula is C14H14N2O3. The molecule has 2 N–H and O–H groups in total. The monoisotopic (exact) mass is 258 g/mol. The third kappa shape index (κ3) is 1.33. The Morgan fingerprint density at radius 1 is 1.11 bits per heavy atom. The van der Waals surface area contributed by atoms with Crippen LogP contribution in [0.15, 0.2) is 12.1 Å². The lowest BCUT2D eigenvalue weighted by Crippen LogP contribution is -2.40. The topological polar surface area (TPSA) is 67.4 Å². The lowest BCUT2D eigenvalue weighted by atomic mass is 9.74. The molecule has 1 aromatic rings. The molecule has 0 bridgehead atoms. The Hall–Kier alpha value is -1.88. The minimum atomic E-state index is -0.331. The largest absolute Gasteiger partial charge is 0.491 e. The number of amides is 2. The first kappa shape index (κ1) is 11.0. The molecule has 0 aliphatic carbocycles. The van der Waals surface area contributed by atoms with Gasteiger partial charge in [-0.05, 0) is 32.0 Å². The number of carbonyl (C=O) groups is 2. The zero-order valence-corrected chi connectivity index (χ0v) is 10.4. The second-order valence-electron chi connectivity index (χ2n) is 5.47. The van der Waals surface area contributed by atoms with Crippen molar-refractivity contribution in [1.82, 2.24) is 10.6 Å². The zero-order chi connectivity index (χ0) is 13.0. The molecule has 3 aliphatic heterocycles. The van der Waals surface area contributed by atoms with Crippen LogP contribution in [0, 0.1) is 0 Å². The van der Waals surface area contributed by atoms with Crippen LogP contribution in [0.1, 0.15) is 39.1 Å². The van der Waals surface area contributed by atoms with Crippen LogP contribution in [0.25, 0.3) is 0 Å². The SMILES string of the molecule is O=C1NC(=O)c2c1ccc1c2OCC12CCNCC2. The molecule has 19 heavy (non-hydrogen) atoms. The second kappa shape index (κ2) is 3.57. The summed E-state index contributed by atoms with van der Waals surface area (Å²) in [5, 5.41) is 5.68. The number of benzene rings is 1. The Labute approximate surface area is 110 Å². The van der Waals surface area contributed by atoms with Gasteiger partial charge in [-0.25, -0.2) is 0 Å². The highest BCUT2D eigenvalue weighted by Crippen LogP contribution is 2.47. The molecule has 1 spiro atoms. The fraction of sp³-hybridized carbons (Fsp3) is 0.429. The van der Waals surface area contributed by atoms with E-state index in [1.165, 1.54) is 0 Å². The van der Waals surface area contributed by atoms with Gasteiger partial charge >= 0.3 is 0 Å². The number of imide groups is 1. The molecular weight excluding hydrogens is 244 g/mol. The van der Waals surface area contributed by atoms with E-state index in [-0.39, 0.29) is 17.2 Å². The third-order valence-electron chi connectivity index (χ3n) is 4.48. The van der Waals surface area contributed by atoms with Crippen LogP contribution in [0.3, 0.4) is 0 Å². The number of carbonyl (C=O) groups excluding carboxylic acids is 2. The van der Waals surface area contributed by atoms with Gasteiger partial charge in [0.1, 0.15) is 5.75 Å². The van der Waals surface area contributed by atoms with E-state index in [4.69, 9.17) is 4.74 Å². The molecule has 3 heterocycles. The number of nitrogens with one attached hydrogen (secondary N) is 2. The quantitative estimate of drug-likeness (QED) is 0.668. The van der Waals surface area contributed by atoms with E-state index in [1.807, 2.05) is 6.07 Å². The van der Waals surface area contributed by atoms with Crippen molar-refractivity contribution in [3.05, 3.63) is 28.8 Å². The van der Waals surface area contributed by atoms with Crippen molar-refractivity contribution in [3.8, 4) is 5.75 Å². The van der Waals surface area contributed by atoms with Crippen molar-refractivity contribution >= 4 is 11.8 Å². The molecule has 0 radical (unpaired) electrons. The summed E-state index contributed by atoms with van der Waals surface area (Å²) in [6, 6.07) is 3.72. The first-order valence-electron chi connectivity index (χ1n) is 6.58. The van der Waals surface area contributed by atoms with E-state index < -0.39 is 0 Å². The average Bonchev–Trinajstić information content (AvgIpc) is 2.91. The average molecular weight is 258 g/mol. The Morgan fingerprint density at radius 3 is 2.68 bits per heavy atom. The van der Waals surface area contributed by atoms with E-state index in [1.54, 1.807) is 6.07 Å². The first-order chi connectivity index (χ1) is 9.21. The summed E-state index contributed by atoms with van der Waals surface area (Å²) in [6.07, 6.45) is 2.02. The van der Waals surface area contributed by atoms with E-state index in [2.05, 4.69) is 10.6 Å². The molecule has 1 fully saturated rings. The maximum absolute atomic E-state index is 11.9. The standard InChI is InChI=1S/C14H14N2O3/c17-12-8-1-2-9-11(10(8)13(18)16-12)19-7-14(9)3-5-15-6-4-14/h1-2,15H,3-7H2,(H,16,17,18). The van der Waals surface area contributed by atoms with Gasteiger partial charge < -0.3 is 10.1 Å². The van der Waals surface area contributed by atoms with Crippen LogP contribution >= 0.6 is 0 Å². The van der Waals surface area contributed by atoms with Crippen LogP contribution in [0.5, 0.6) is 5.75 Å². The van der Waals surface area contributed by atoms with Crippen LogP contribution in [-0.2, 0) is 5.41 Å². The number of fused-ring (bicyclic) bond motifs is 4. The molecule has 0 saturated carbocycles. The van der Waals surface area contributed by atoms with Crippen LogP contribution in [0.2, 0.25) is 0 Å². The summed E-state index contributed by atoms with van der Waals surface area (Å²) in [7, 11) is 0. The predicted octanol–water partition coefficient (Wildman–Crippen LogP) is 0.584. The van der Waals surface area contributed by atoms with Crippen molar-refractivity contribution in [2.24, 2.45) is 0 Å². The molecule has 0 atom stereocenters. The lowest BCUT2D eigenvalue weighted by Gasteiger charge is -2.32. The van der Waals surface area contributed by atoms with Gasteiger partial charge in [-0.3, -0.25) is 14.9 Å². The number of ether oxygens (including phenoxy) is 1. The number of rotatable bonds is 0. The molecule has 98 valence electrons. The van der Waals surface area contributed by atoms with Gasteiger partial charge in [0.25, 0.3) is 11.8 Å². The van der Waals surface area contributed by atoms with Gasteiger partial charge in [0.05, 0.1) is 17.7 Å². The van der Waals surface area contributed by atoms with E-state index in [0.717, 1.165) is 31.5 Å². The van der Waals surface area contributed by atoms with Gasteiger partial charge in [-0.15, -0.1) is 0 Å². The van der Waals surface area contributed by atoms with Gasteiger partial charge in [-0.2, -0.15) is 0 Å². The molecule has 1 saturated heterocycles. The minimum absolute atomic E-state index is 0.0154. The van der Waals surface area contributed by atoms with Crippen molar-refractivity contribution in [1.29, 1.82) is 0 Å². The van der Waals surface area contributed by atoms with E-state index >= 15 is 0 Å². The smallest absolute Gasteiger partial charge is 0.262 e. The molecule has 4 rings (SSSR count). The van der Waals surface area contributed by atoms with Crippen LogP contribution < -0.4 is 15.4 Å². The van der Waals surface area contributed by atoms with Crippen LogP contribution in [0.4, 0.5) is 0 Å². The van der Waals surface area contributed by atoms with E-state index in [0.29, 0.717) is 23.5 Å². The van der Waals surface area contributed by atoms with Gasteiger partial charge in [-0.1, -0.05) is 6.07 Å². The van der Waals surface area contributed by atoms with Crippen molar-refractivity contribution in [2.45, 2.75) is 18.3 Å². The van der Waals surface area contributed by atoms with Crippen molar-refractivity contribution < 1.29 is 14.3 Å². The Bertz CT molecular complexity index is 603. The number of hydrogen-bond acceptors (Lipinski definition) is 4. The molecule has 3 aliphatic rings. The summed E-state index contributed by atoms with van der Waals surface area (Å²) >= 11 is 0. The van der Waals surface area contributed by atoms with Gasteiger partial charge in [0.15, 0.2) is 0 Å². The Morgan fingerprint density at radius 2 is 1.89 bits per heavy atom. The molecule has 2 amide bonds. The summed E-state index contributed by atoms with van der Waals surface area (Å²) in [6.45, 7) is 2.54. The Balaban J connectivity index is 1.89. The fourth-order valence-electron chi connectivity index (χ4n) is 3.40. The summed E-state index contributed by atoms with van der Waals surface area (Å²) in [5.41, 5.74) is 1.98. The normalized spacial score (nSPS) is 22.9. The molecule has 0 unspecified atom stereocenters. The summed E-state index contributed by atoms with van der Waals surface area (Å²) in [5.74, 6) is -0.0248. The summed E-state index contributed by atoms with van der Waals surface area (Å²) in [4.78, 5) is 23.5. The van der Waals surface area contributed by atoms with Gasteiger partial charge in [0.2, 0.25) is 0 Å². The highest BCUT2D eigenvalue weighted by molar-refractivity contribution is 6.23. The fourth-order valence-corrected chi connectivity index (χ4v) is 3.40. The Kier molecular flexibility index (Phi) is 2.07. The summed E-state index contributed by atoms with van der Waals surface area (Å²) < 4.78 is 5.81. The predicted molar refractivity (Wildman–Crippen MR) is 67.5 cm³/mol. The highest BCUT2D eigenvalue weighted by atomic mass is 16.5. The highest BCUT2D eigenvalue weighted by Gasteiger charge is 2.45. The van der Waals surface area contributed by atoms with Gasteiger partial charge in [0, 0.05) is 11.0 Å².